The zero-order valence-corrected chi connectivity index (χ0v) is 25.2. The van der Waals surface area contributed by atoms with E-state index >= 15 is 0 Å². The molecule has 0 amide bonds. The van der Waals surface area contributed by atoms with Crippen molar-refractivity contribution in [3.63, 3.8) is 0 Å². The molecular weight excluding hydrogens is 588 g/mol. The summed E-state index contributed by atoms with van der Waals surface area (Å²) < 4.78 is 26.7. The van der Waals surface area contributed by atoms with Crippen molar-refractivity contribution in [3.05, 3.63) is 148 Å². The van der Waals surface area contributed by atoms with E-state index in [2.05, 4.69) is 40.2 Å². The molecule has 0 fully saturated rings. The van der Waals surface area contributed by atoms with Gasteiger partial charge < -0.3 is 9.47 Å². The predicted molar refractivity (Wildman–Crippen MR) is 167 cm³/mol. The Hall–Kier alpha value is -2.74. The van der Waals surface area contributed by atoms with E-state index in [1.54, 1.807) is 26.0 Å². The van der Waals surface area contributed by atoms with Crippen LogP contribution in [0.3, 0.4) is 0 Å². The van der Waals surface area contributed by atoms with Crippen molar-refractivity contribution in [1.82, 2.24) is 0 Å². The van der Waals surface area contributed by atoms with Crippen LogP contribution in [0, 0.1) is 0 Å². The van der Waals surface area contributed by atoms with Crippen LogP contribution in [0.2, 0.25) is 0 Å². The van der Waals surface area contributed by atoms with Gasteiger partial charge >= 0.3 is 0 Å². The fourth-order valence-corrected chi connectivity index (χ4v) is 9.23. The molecule has 2 unspecified atom stereocenters. The summed E-state index contributed by atoms with van der Waals surface area (Å²) in [5.74, 6) is -1.37. The molecule has 4 aromatic carbocycles. The van der Waals surface area contributed by atoms with E-state index in [0.29, 0.717) is 9.80 Å². The van der Waals surface area contributed by atoms with Crippen LogP contribution in [0.25, 0.3) is 11.1 Å². The van der Waals surface area contributed by atoms with Crippen LogP contribution in [0.4, 0.5) is 0 Å². The molecule has 1 aliphatic carbocycles. The van der Waals surface area contributed by atoms with Crippen molar-refractivity contribution >= 4 is 49.6 Å². The topological polar surface area (TPSA) is 35.5 Å². The highest BCUT2D eigenvalue weighted by Crippen LogP contribution is 2.64. The summed E-state index contributed by atoms with van der Waals surface area (Å²) in [6.45, 7) is 0. The predicted octanol–water partition coefficient (Wildman–Crippen LogP) is 8.27. The third-order valence-electron chi connectivity index (χ3n) is 6.99. The van der Waals surface area contributed by atoms with Gasteiger partial charge in [-0.2, -0.15) is 0 Å². The first kappa shape index (κ1) is 27.8. The number of allylic oxidation sites excluding steroid dienone is 1. The van der Waals surface area contributed by atoms with Crippen molar-refractivity contribution in [1.29, 1.82) is 0 Å². The summed E-state index contributed by atoms with van der Waals surface area (Å²) in [6.07, 6.45) is 2.05. The molecule has 0 radical (unpaired) electrons. The van der Waals surface area contributed by atoms with E-state index in [0.717, 1.165) is 32.7 Å². The van der Waals surface area contributed by atoms with Gasteiger partial charge in [-0.15, -0.1) is 11.8 Å². The van der Waals surface area contributed by atoms with Crippen molar-refractivity contribution in [2.24, 2.45) is 0 Å². The van der Waals surface area contributed by atoms with Crippen LogP contribution in [-0.4, -0.2) is 30.5 Å². The molecule has 6 heteroatoms. The summed E-state index contributed by atoms with van der Waals surface area (Å²) in [4.78, 5) is 2.31. The minimum atomic E-state index is -1.59. The molecular formula is C33H29BrO3S2. The molecule has 4 aromatic rings. The van der Waals surface area contributed by atoms with E-state index in [-0.39, 0.29) is 0 Å². The molecule has 2 atom stereocenters. The Balaban J connectivity index is 2.03. The first-order valence-electron chi connectivity index (χ1n) is 12.5. The lowest BCUT2D eigenvalue weighted by Gasteiger charge is -2.51. The van der Waals surface area contributed by atoms with E-state index in [1.807, 2.05) is 103 Å². The maximum Gasteiger partial charge on any atom is 0.221 e. The summed E-state index contributed by atoms with van der Waals surface area (Å²) in [6, 6.07) is 39.9. The largest absolute Gasteiger partial charge is 0.348 e. The SMILES string of the molecule is COC1(OC)C(c2ccccc2)=C(SC)C(c2ccccc2)=C(S(=O)c2ccccc2)C1(Br)c1ccccc1. The molecule has 0 N–H and O–H groups in total. The lowest BCUT2D eigenvalue weighted by atomic mass is 9.75. The number of hydrogen-bond acceptors (Lipinski definition) is 4. The Kier molecular flexibility index (Phi) is 8.40. The van der Waals surface area contributed by atoms with E-state index in [4.69, 9.17) is 9.47 Å². The van der Waals surface area contributed by atoms with Crippen molar-refractivity contribution in [2.45, 2.75) is 15.0 Å². The zero-order valence-electron chi connectivity index (χ0n) is 22.0. The normalized spacial score (nSPS) is 19.7. The quantitative estimate of drug-likeness (QED) is 0.147. The van der Waals surface area contributed by atoms with Crippen LogP contribution >= 0.6 is 27.7 Å². The van der Waals surface area contributed by atoms with Gasteiger partial charge in [-0.1, -0.05) is 125 Å². The average molecular weight is 618 g/mol. The van der Waals surface area contributed by atoms with Gasteiger partial charge in [-0.3, -0.25) is 0 Å². The Morgan fingerprint density at radius 2 is 1.15 bits per heavy atom. The number of alkyl halides is 1. The maximum atomic E-state index is 14.9. The standard InChI is InChI=1S/C33H29BrO3S2/c1-36-33(37-2)29(25-18-10-5-11-19-25)30(38-3)28(24-16-8-4-9-17-24)31(39(35)27-22-14-7-15-23-27)32(33,34)26-20-12-6-13-21-26/h4-23H,1-3H3. The van der Waals surface area contributed by atoms with Crippen molar-refractivity contribution in [3.8, 4) is 0 Å². The molecule has 0 bridgehead atoms. The molecule has 198 valence electrons. The number of methoxy groups -OCH3 is 2. The molecule has 0 heterocycles. The summed E-state index contributed by atoms with van der Waals surface area (Å²) in [7, 11) is 1.72. The Morgan fingerprint density at radius 1 is 0.692 bits per heavy atom. The molecule has 5 rings (SSSR count). The van der Waals surface area contributed by atoms with E-state index < -0.39 is 20.9 Å². The van der Waals surface area contributed by atoms with Gasteiger partial charge in [0.25, 0.3) is 0 Å². The molecule has 0 saturated carbocycles. The number of thioether (sulfide) groups is 1. The maximum absolute atomic E-state index is 14.9. The highest BCUT2D eigenvalue weighted by atomic mass is 79.9. The molecule has 0 saturated heterocycles. The minimum absolute atomic E-state index is 0.666. The number of halogens is 1. The smallest absolute Gasteiger partial charge is 0.221 e. The molecule has 0 aromatic heterocycles. The highest BCUT2D eigenvalue weighted by Gasteiger charge is 2.63. The summed E-state index contributed by atoms with van der Waals surface area (Å²) in [5.41, 5.74) is 4.57. The number of hydrogen-bond donors (Lipinski definition) is 0. The van der Waals surface area contributed by atoms with Crippen LogP contribution in [0.15, 0.2) is 136 Å². The number of benzene rings is 4. The highest BCUT2D eigenvalue weighted by molar-refractivity contribution is 9.10. The Morgan fingerprint density at radius 3 is 1.64 bits per heavy atom. The van der Waals surface area contributed by atoms with Crippen LogP contribution in [-0.2, 0) is 24.6 Å². The first-order chi connectivity index (χ1) is 19.0. The van der Waals surface area contributed by atoms with Crippen molar-refractivity contribution in [2.75, 3.05) is 20.5 Å². The van der Waals surface area contributed by atoms with E-state index in [9.17, 15) is 4.21 Å². The lowest BCUT2D eigenvalue weighted by Crippen LogP contribution is -2.55. The number of ether oxygens (including phenoxy) is 2. The van der Waals surface area contributed by atoms with Gasteiger partial charge in [0.2, 0.25) is 5.79 Å². The van der Waals surface area contributed by atoms with Crippen LogP contribution in [0.1, 0.15) is 16.7 Å². The summed E-state index contributed by atoms with van der Waals surface area (Å²) >= 11 is 5.80. The molecule has 39 heavy (non-hydrogen) atoms. The second kappa shape index (κ2) is 11.8. The molecule has 3 nitrogen and oxygen atoms in total. The molecule has 0 spiro atoms. The van der Waals surface area contributed by atoms with Gasteiger partial charge in [-0.25, -0.2) is 4.21 Å². The van der Waals surface area contributed by atoms with E-state index in [1.165, 1.54) is 0 Å². The molecule has 0 aliphatic heterocycles. The third-order valence-corrected chi connectivity index (χ3v) is 11.0. The third kappa shape index (κ3) is 4.58. The summed E-state index contributed by atoms with van der Waals surface area (Å²) in [5, 5.41) is 0. The Bertz CT molecular complexity index is 1520. The van der Waals surface area contributed by atoms with Gasteiger partial charge in [0.1, 0.15) is 4.32 Å². The lowest BCUT2D eigenvalue weighted by molar-refractivity contribution is -0.177. The van der Waals surface area contributed by atoms with Gasteiger partial charge in [0.15, 0.2) is 0 Å². The average Bonchev–Trinajstić information content (AvgIpc) is 3.01. The fourth-order valence-electron chi connectivity index (χ4n) is 5.31. The second-order valence-electron chi connectivity index (χ2n) is 8.98. The van der Waals surface area contributed by atoms with Crippen LogP contribution < -0.4 is 0 Å². The van der Waals surface area contributed by atoms with Crippen LogP contribution in [0.5, 0.6) is 0 Å². The minimum Gasteiger partial charge on any atom is -0.348 e. The van der Waals surface area contributed by atoms with Gasteiger partial charge in [0.05, 0.1) is 15.7 Å². The monoisotopic (exact) mass is 616 g/mol. The first-order valence-corrected chi connectivity index (χ1v) is 15.7. The zero-order chi connectivity index (χ0) is 27.5. The Labute approximate surface area is 245 Å². The number of rotatable bonds is 8. The molecule has 1 aliphatic rings. The fraction of sp³-hybridized carbons (Fsp3) is 0.152. The van der Waals surface area contributed by atoms with Gasteiger partial charge in [0, 0.05) is 35.2 Å². The van der Waals surface area contributed by atoms with Gasteiger partial charge in [-0.05, 0) is 35.1 Å². The van der Waals surface area contributed by atoms with Crippen molar-refractivity contribution < 1.29 is 13.7 Å². The second-order valence-corrected chi connectivity index (χ2v) is 12.4.